The van der Waals surface area contributed by atoms with Gasteiger partial charge in [-0.3, -0.25) is 4.79 Å². The summed E-state index contributed by atoms with van der Waals surface area (Å²) >= 11 is 3.31. The van der Waals surface area contributed by atoms with Crippen molar-refractivity contribution in [2.75, 3.05) is 18.9 Å². The van der Waals surface area contributed by atoms with Crippen molar-refractivity contribution in [3.63, 3.8) is 0 Å². The minimum Gasteiger partial charge on any atom is -0.342 e. The van der Waals surface area contributed by atoms with E-state index >= 15 is 0 Å². The molecule has 1 rings (SSSR count). The molecule has 20 heavy (non-hydrogen) atoms. The van der Waals surface area contributed by atoms with E-state index < -0.39 is 17.6 Å². The first-order valence-electron chi connectivity index (χ1n) is 6.35. The molecule has 1 aromatic rings. The number of nitrogens with zero attached hydrogens (tertiary/aromatic N) is 1. The Labute approximate surface area is 125 Å². The summed E-state index contributed by atoms with van der Waals surface area (Å²) < 4.78 is 38.5. The Morgan fingerprint density at radius 2 is 1.85 bits per heavy atom. The highest BCUT2D eigenvalue weighted by Gasteiger charge is 2.35. The zero-order valence-corrected chi connectivity index (χ0v) is 12.8. The van der Waals surface area contributed by atoms with Crippen LogP contribution in [0, 0.1) is 0 Å². The number of unbranched alkanes of at least 4 members (excludes halogenated alkanes) is 2. The van der Waals surface area contributed by atoms with E-state index in [1.165, 1.54) is 30.1 Å². The van der Waals surface area contributed by atoms with Gasteiger partial charge in [0.05, 0.1) is 11.1 Å². The summed E-state index contributed by atoms with van der Waals surface area (Å²) in [7, 11) is 1.53. The maximum Gasteiger partial charge on any atom is 0.417 e. The fourth-order valence-electron chi connectivity index (χ4n) is 1.84. The predicted molar refractivity (Wildman–Crippen MR) is 76.0 cm³/mol. The van der Waals surface area contributed by atoms with Crippen LogP contribution in [0.2, 0.25) is 0 Å². The normalized spacial score (nSPS) is 11.4. The second kappa shape index (κ2) is 7.67. The van der Waals surface area contributed by atoms with E-state index in [2.05, 4.69) is 15.9 Å². The van der Waals surface area contributed by atoms with E-state index in [1.807, 2.05) is 0 Å². The van der Waals surface area contributed by atoms with Crippen LogP contribution in [0.1, 0.15) is 35.2 Å². The Bertz CT molecular complexity index is 448. The molecule has 0 bridgehead atoms. The van der Waals surface area contributed by atoms with Gasteiger partial charge in [-0.05, 0) is 25.0 Å². The molecular weight excluding hydrogens is 335 g/mol. The second-order valence-corrected chi connectivity index (χ2v) is 5.31. The van der Waals surface area contributed by atoms with Crippen molar-refractivity contribution in [1.29, 1.82) is 0 Å². The summed E-state index contributed by atoms with van der Waals surface area (Å²) in [4.78, 5) is 13.4. The SMILES string of the molecule is CN(CCCCCBr)C(=O)c1ccccc1C(F)(F)F. The summed E-state index contributed by atoms with van der Waals surface area (Å²) in [6, 6.07) is 4.89. The first kappa shape index (κ1) is 17.0. The molecule has 0 atom stereocenters. The second-order valence-electron chi connectivity index (χ2n) is 4.52. The van der Waals surface area contributed by atoms with Crippen LogP contribution in [0.3, 0.4) is 0 Å². The highest BCUT2D eigenvalue weighted by molar-refractivity contribution is 9.09. The van der Waals surface area contributed by atoms with Gasteiger partial charge in [-0.15, -0.1) is 0 Å². The van der Waals surface area contributed by atoms with Gasteiger partial charge in [0, 0.05) is 18.9 Å². The van der Waals surface area contributed by atoms with Crippen LogP contribution in [0.25, 0.3) is 0 Å². The van der Waals surface area contributed by atoms with Gasteiger partial charge in [-0.1, -0.05) is 34.5 Å². The van der Waals surface area contributed by atoms with E-state index in [1.54, 1.807) is 0 Å². The number of rotatable bonds is 6. The van der Waals surface area contributed by atoms with E-state index in [-0.39, 0.29) is 5.56 Å². The van der Waals surface area contributed by atoms with Gasteiger partial charge in [-0.25, -0.2) is 0 Å². The lowest BCUT2D eigenvalue weighted by molar-refractivity contribution is -0.138. The zero-order valence-electron chi connectivity index (χ0n) is 11.2. The summed E-state index contributed by atoms with van der Waals surface area (Å²) in [6.07, 6.45) is -1.81. The van der Waals surface area contributed by atoms with E-state index in [9.17, 15) is 18.0 Å². The summed E-state index contributed by atoms with van der Waals surface area (Å²) in [5.74, 6) is -0.586. The molecule has 112 valence electrons. The lowest BCUT2D eigenvalue weighted by Gasteiger charge is -2.19. The lowest BCUT2D eigenvalue weighted by Crippen LogP contribution is -2.29. The van der Waals surface area contributed by atoms with Gasteiger partial charge in [0.2, 0.25) is 0 Å². The molecule has 0 spiro atoms. The van der Waals surface area contributed by atoms with E-state index in [0.717, 1.165) is 30.7 Å². The maximum absolute atomic E-state index is 12.8. The Morgan fingerprint density at radius 3 is 2.45 bits per heavy atom. The first-order chi connectivity index (χ1) is 9.38. The molecule has 0 heterocycles. The number of hydrogen-bond acceptors (Lipinski definition) is 1. The Kier molecular flexibility index (Phi) is 6.52. The molecule has 0 aliphatic heterocycles. The smallest absolute Gasteiger partial charge is 0.342 e. The van der Waals surface area contributed by atoms with Crippen LogP contribution in [-0.2, 0) is 6.18 Å². The van der Waals surface area contributed by atoms with Crippen LogP contribution < -0.4 is 0 Å². The largest absolute Gasteiger partial charge is 0.417 e. The van der Waals surface area contributed by atoms with Crippen LogP contribution in [-0.4, -0.2) is 29.7 Å². The number of carbonyl (C=O) groups excluding carboxylic acids is 1. The van der Waals surface area contributed by atoms with Gasteiger partial charge < -0.3 is 4.90 Å². The lowest BCUT2D eigenvalue weighted by atomic mass is 10.1. The number of carbonyl (C=O) groups is 1. The maximum atomic E-state index is 12.8. The number of hydrogen-bond donors (Lipinski definition) is 0. The minimum atomic E-state index is -4.51. The number of alkyl halides is 4. The van der Waals surface area contributed by atoms with Gasteiger partial charge in [0.1, 0.15) is 0 Å². The van der Waals surface area contributed by atoms with Gasteiger partial charge >= 0.3 is 6.18 Å². The van der Waals surface area contributed by atoms with Crippen LogP contribution in [0.5, 0.6) is 0 Å². The van der Waals surface area contributed by atoms with Crippen molar-refractivity contribution in [2.45, 2.75) is 25.4 Å². The molecule has 6 heteroatoms. The van der Waals surface area contributed by atoms with Crippen molar-refractivity contribution in [1.82, 2.24) is 4.90 Å². The number of halogens is 4. The van der Waals surface area contributed by atoms with Crippen LogP contribution in [0.4, 0.5) is 13.2 Å². The van der Waals surface area contributed by atoms with E-state index in [0.29, 0.717) is 6.54 Å². The highest BCUT2D eigenvalue weighted by Crippen LogP contribution is 2.32. The third kappa shape index (κ3) is 4.81. The summed E-state index contributed by atoms with van der Waals surface area (Å²) in [5, 5.41) is 0.890. The van der Waals surface area contributed by atoms with Crippen molar-refractivity contribution < 1.29 is 18.0 Å². The van der Waals surface area contributed by atoms with Crippen molar-refractivity contribution >= 4 is 21.8 Å². The molecule has 1 aromatic carbocycles. The third-order valence-corrected chi connectivity index (χ3v) is 3.50. The quantitative estimate of drug-likeness (QED) is 0.551. The molecule has 0 saturated heterocycles. The molecule has 0 aliphatic carbocycles. The topological polar surface area (TPSA) is 20.3 Å². The number of benzene rings is 1. The summed E-state index contributed by atoms with van der Waals surface area (Å²) in [5.41, 5.74) is -1.17. The van der Waals surface area contributed by atoms with E-state index in [4.69, 9.17) is 0 Å². The minimum absolute atomic E-state index is 0.289. The third-order valence-electron chi connectivity index (χ3n) is 2.94. The molecule has 0 radical (unpaired) electrons. The van der Waals surface area contributed by atoms with Gasteiger partial charge in [0.25, 0.3) is 5.91 Å². The van der Waals surface area contributed by atoms with Crippen molar-refractivity contribution in [3.05, 3.63) is 35.4 Å². The zero-order chi connectivity index (χ0) is 15.2. The summed E-state index contributed by atoms with van der Waals surface area (Å²) in [6.45, 7) is 0.456. The first-order valence-corrected chi connectivity index (χ1v) is 7.47. The molecule has 0 fully saturated rings. The van der Waals surface area contributed by atoms with Gasteiger partial charge in [0.15, 0.2) is 0 Å². The molecule has 0 aliphatic rings. The molecular formula is C14H17BrF3NO. The molecule has 0 saturated carbocycles. The monoisotopic (exact) mass is 351 g/mol. The van der Waals surface area contributed by atoms with Crippen LogP contribution in [0.15, 0.2) is 24.3 Å². The molecule has 2 nitrogen and oxygen atoms in total. The van der Waals surface area contributed by atoms with Crippen LogP contribution >= 0.6 is 15.9 Å². The fourth-order valence-corrected chi connectivity index (χ4v) is 2.24. The predicted octanol–water partition coefficient (Wildman–Crippen LogP) is 4.34. The Hall–Kier alpha value is -1.04. The highest BCUT2D eigenvalue weighted by atomic mass is 79.9. The Morgan fingerprint density at radius 1 is 1.20 bits per heavy atom. The van der Waals surface area contributed by atoms with Crippen molar-refractivity contribution in [3.8, 4) is 0 Å². The Balaban J connectivity index is 2.77. The van der Waals surface area contributed by atoms with Crippen molar-refractivity contribution in [2.24, 2.45) is 0 Å². The average molecular weight is 352 g/mol. The molecule has 0 unspecified atom stereocenters. The molecule has 0 aromatic heterocycles. The average Bonchev–Trinajstić information content (AvgIpc) is 2.41. The molecule has 1 amide bonds. The van der Waals surface area contributed by atoms with Gasteiger partial charge in [-0.2, -0.15) is 13.2 Å². The number of amides is 1. The standard InChI is InChI=1S/C14H17BrF3NO/c1-19(10-6-2-5-9-15)13(20)11-7-3-4-8-12(11)14(16,17)18/h3-4,7-8H,2,5-6,9-10H2,1H3. The molecule has 0 N–H and O–H groups in total. The fraction of sp³-hybridized carbons (Fsp3) is 0.500.